The average molecular weight is 317 g/mol. The molecular formula is C12H19N3O3S2. The van der Waals surface area contributed by atoms with E-state index in [1.54, 1.807) is 26.0 Å². The predicted octanol–water partition coefficient (Wildman–Crippen LogP) is 0.342. The van der Waals surface area contributed by atoms with Gasteiger partial charge in [-0.25, -0.2) is 8.42 Å². The second-order valence-electron chi connectivity index (χ2n) is 4.84. The van der Waals surface area contributed by atoms with E-state index in [1.807, 2.05) is 0 Å². The number of nitrogens with one attached hydrogen (secondary N) is 1. The molecule has 8 heteroatoms. The van der Waals surface area contributed by atoms with Gasteiger partial charge in [-0.2, -0.15) is 4.31 Å². The third-order valence-corrected chi connectivity index (χ3v) is 6.84. The van der Waals surface area contributed by atoms with Gasteiger partial charge >= 0.3 is 0 Å². The van der Waals surface area contributed by atoms with Gasteiger partial charge in [-0.1, -0.05) is 0 Å². The molecule has 112 valence electrons. The van der Waals surface area contributed by atoms with Gasteiger partial charge in [0.25, 0.3) is 0 Å². The molecule has 20 heavy (non-hydrogen) atoms. The summed E-state index contributed by atoms with van der Waals surface area (Å²) in [4.78, 5) is 0.323. The van der Waals surface area contributed by atoms with Crippen molar-refractivity contribution in [2.24, 2.45) is 5.84 Å². The summed E-state index contributed by atoms with van der Waals surface area (Å²) in [5.41, 5.74) is 4.52. The quantitative estimate of drug-likeness (QED) is 0.619. The molecular weight excluding hydrogens is 298 g/mol. The molecule has 1 saturated heterocycles. The van der Waals surface area contributed by atoms with E-state index in [9.17, 15) is 12.6 Å². The fourth-order valence-electron chi connectivity index (χ4n) is 2.43. The maximum atomic E-state index is 12.7. The van der Waals surface area contributed by atoms with Gasteiger partial charge in [-0.05, 0) is 37.1 Å². The molecule has 0 amide bonds. The third kappa shape index (κ3) is 2.88. The van der Waals surface area contributed by atoms with Crippen molar-refractivity contribution in [3.63, 3.8) is 0 Å². The zero-order chi connectivity index (χ0) is 14.9. The molecule has 1 fully saturated rings. The Kier molecular flexibility index (Phi) is 4.48. The molecule has 0 saturated carbocycles. The van der Waals surface area contributed by atoms with Crippen LogP contribution in [0.5, 0.6) is 0 Å². The Labute approximate surface area is 121 Å². The summed E-state index contributed by atoms with van der Waals surface area (Å²) in [6, 6.07) is 3.42. The first kappa shape index (κ1) is 15.4. The van der Waals surface area contributed by atoms with Gasteiger partial charge in [0, 0.05) is 41.1 Å². The molecule has 1 aliphatic rings. The van der Waals surface area contributed by atoms with E-state index >= 15 is 0 Å². The fourth-order valence-corrected chi connectivity index (χ4v) is 5.57. The number of anilines is 1. The van der Waals surface area contributed by atoms with Gasteiger partial charge in [0.1, 0.15) is 0 Å². The summed E-state index contributed by atoms with van der Waals surface area (Å²) in [6.07, 6.45) is 0. The number of sulfonamides is 1. The number of rotatable bonds is 3. The molecule has 0 unspecified atom stereocenters. The smallest absolute Gasteiger partial charge is 0.243 e. The Bertz CT molecular complexity index is 610. The van der Waals surface area contributed by atoms with Gasteiger partial charge in [0.15, 0.2) is 0 Å². The monoisotopic (exact) mass is 317 g/mol. The van der Waals surface area contributed by atoms with Crippen molar-refractivity contribution in [2.45, 2.75) is 18.7 Å². The molecule has 0 aromatic heterocycles. The molecule has 1 aliphatic heterocycles. The second-order valence-corrected chi connectivity index (χ2v) is 8.41. The predicted molar refractivity (Wildman–Crippen MR) is 80.4 cm³/mol. The van der Waals surface area contributed by atoms with Crippen LogP contribution in [0.1, 0.15) is 11.1 Å². The summed E-state index contributed by atoms with van der Waals surface area (Å²) >= 11 is 0. The van der Waals surface area contributed by atoms with Crippen LogP contribution in [0.15, 0.2) is 17.0 Å². The van der Waals surface area contributed by atoms with Crippen molar-refractivity contribution in [1.82, 2.24) is 4.31 Å². The highest BCUT2D eigenvalue weighted by Crippen LogP contribution is 2.27. The van der Waals surface area contributed by atoms with Crippen molar-refractivity contribution in [2.75, 3.05) is 30.0 Å². The van der Waals surface area contributed by atoms with E-state index in [0.717, 1.165) is 0 Å². The minimum atomic E-state index is -3.54. The third-order valence-electron chi connectivity index (χ3n) is 3.36. The first-order valence-corrected chi connectivity index (χ1v) is 9.22. The maximum absolute atomic E-state index is 12.7. The minimum absolute atomic E-state index is 0.310. The van der Waals surface area contributed by atoms with Crippen molar-refractivity contribution in [3.05, 3.63) is 23.3 Å². The van der Waals surface area contributed by atoms with Crippen LogP contribution < -0.4 is 11.3 Å². The largest absolute Gasteiger partial charge is 0.324 e. The molecule has 0 bridgehead atoms. The normalized spacial score (nSPS) is 18.1. The van der Waals surface area contributed by atoms with Crippen LogP contribution in [0, 0.1) is 13.8 Å². The van der Waals surface area contributed by atoms with Crippen molar-refractivity contribution in [1.29, 1.82) is 0 Å². The van der Waals surface area contributed by atoms with Crippen LogP contribution in [0.3, 0.4) is 0 Å². The maximum Gasteiger partial charge on any atom is 0.243 e. The van der Waals surface area contributed by atoms with Crippen LogP contribution in [0.25, 0.3) is 0 Å². The lowest BCUT2D eigenvalue weighted by Gasteiger charge is -2.27. The summed E-state index contributed by atoms with van der Waals surface area (Å²) in [6.45, 7) is 4.13. The van der Waals surface area contributed by atoms with Gasteiger partial charge in [-0.3, -0.25) is 10.1 Å². The molecule has 6 nitrogen and oxygen atoms in total. The number of nitrogens with zero attached hydrogens (tertiary/aromatic N) is 1. The van der Waals surface area contributed by atoms with E-state index in [1.165, 1.54) is 4.31 Å². The van der Waals surface area contributed by atoms with Crippen LogP contribution in [-0.2, 0) is 20.8 Å². The Morgan fingerprint density at radius 2 is 1.70 bits per heavy atom. The standard InChI is InChI=1S/C12H19N3O3S2/c1-9-7-11(14-13)8-10(2)12(9)20(17,18)15-3-5-19(16)6-4-15/h7-8,14H,3-6,13H2,1-2H3. The Hall–Kier alpha value is -0.960. The van der Waals surface area contributed by atoms with Gasteiger partial charge in [0.05, 0.1) is 4.90 Å². The highest BCUT2D eigenvalue weighted by atomic mass is 32.2. The molecule has 1 aromatic rings. The number of benzene rings is 1. The Balaban J connectivity index is 2.42. The molecule has 0 radical (unpaired) electrons. The van der Waals surface area contributed by atoms with E-state index in [4.69, 9.17) is 5.84 Å². The second kappa shape index (κ2) is 5.80. The van der Waals surface area contributed by atoms with Crippen molar-refractivity contribution >= 4 is 26.5 Å². The topological polar surface area (TPSA) is 92.5 Å². The summed E-state index contributed by atoms with van der Waals surface area (Å²) in [5.74, 6) is 6.17. The number of nitrogen functional groups attached to an aromatic ring is 1. The zero-order valence-electron chi connectivity index (χ0n) is 11.5. The lowest BCUT2D eigenvalue weighted by Crippen LogP contribution is -2.42. The minimum Gasteiger partial charge on any atom is -0.324 e. The number of nitrogens with two attached hydrogens (primary N) is 1. The molecule has 1 heterocycles. The number of hydrazine groups is 1. The van der Waals surface area contributed by atoms with Gasteiger partial charge < -0.3 is 5.43 Å². The molecule has 2 rings (SSSR count). The van der Waals surface area contributed by atoms with Crippen LogP contribution >= 0.6 is 0 Å². The lowest BCUT2D eigenvalue weighted by molar-refractivity contribution is 0.438. The van der Waals surface area contributed by atoms with Crippen LogP contribution in [-0.4, -0.2) is 41.5 Å². The first-order chi connectivity index (χ1) is 9.36. The zero-order valence-corrected chi connectivity index (χ0v) is 13.2. The number of aryl methyl sites for hydroxylation is 2. The van der Waals surface area contributed by atoms with E-state index < -0.39 is 20.8 Å². The van der Waals surface area contributed by atoms with Gasteiger partial charge in [0.2, 0.25) is 10.0 Å². The van der Waals surface area contributed by atoms with Crippen molar-refractivity contribution < 1.29 is 12.6 Å². The van der Waals surface area contributed by atoms with Gasteiger partial charge in [-0.15, -0.1) is 0 Å². The highest BCUT2D eigenvalue weighted by molar-refractivity contribution is 7.89. The average Bonchev–Trinajstić information content (AvgIpc) is 2.37. The number of hydrogen-bond donors (Lipinski definition) is 2. The van der Waals surface area contributed by atoms with E-state index in [0.29, 0.717) is 46.3 Å². The summed E-state index contributed by atoms with van der Waals surface area (Å²) in [5, 5.41) is 0. The first-order valence-electron chi connectivity index (χ1n) is 6.29. The summed E-state index contributed by atoms with van der Waals surface area (Å²) in [7, 11) is -4.44. The molecule has 3 N–H and O–H groups in total. The van der Waals surface area contributed by atoms with E-state index in [2.05, 4.69) is 5.43 Å². The summed E-state index contributed by atoms with van der Waals surface area (Å²) < 4.78 is 38.2. The molecule has 0 atom stereocenters. The SMILES string of the molecule is Cc1cc(NN)cc(C)c1S(=O)(=O)N1CCS(=O)CC1. The van der Waals surface area contributed by atoms with Crippen molar-refractivity contribution in [3.8, 4) is 0 Å². The molecule has 0 aliphatic carbocycles. The van der Waals surface area contributed by atoms with E-state index in [-0.39, 0.29) is 0 Å². The molecule has 0 spiro atoms. The molecule has 1 aromatic carbocycles. The Morgan fingerprint density at radius 1 is 1.20 bits per heavy atom. The highest BCUT2D eigenvalue weighted by Gasteiger charge is 2.30. The Morgan fingerprint density at radius 3 is 2.15 bits per heavy atom. The van der Waals surface area contributed by atoms with Crippen LogP contribution in [0.4, 0.5) is 5.69 Å². The van der Waals surface area contributed by atoms with Crippen LogP contribution in [0.2, 0.25) is 0 Å². The number of hydrogen-bond acceptors (Lipinski definition) is 5. The fraction of sp³-hybridized carbons (Fsp3) is 0.500. The lowest BCUT2D eigenvalue weighted by atomic mass is 10.1.